The lowest BCUT2D eigenvalue weighted by molar-refractivity contribution is 0.0994. The summed E-state index contributed by atoms with van der Waals surface area (Å²) in [4.78, 5) is 12.4. The van der Waals surface area contributed by atoms with Crippen LogP contribution in [0, 0.1) is 0 Å². The summed E-state index contributed by atoms with van der Waals surface area (Å²) in [6.07, 6.45) is 1.86. The van der Waals surface area contributed by atoms with Gasteiger partial charge in [-0.05, 0) is 16.3 Å². The number of Topliss-reactive ketones (excluding diaryl/α,β-unsaturated/α-hetero) is 1. The van der Waals surface area contributed by atoms with Gasteiger partial charge in [0.1, 0.15) is 5.82 Å². The van der Waals surface area contributed by atoms with Gasteiger partial charge in [0.05, 0.1) is 11.8 Å². The van der Waals surface area contributed by atoms with E-state index in [9.17, 15) is 4.79 Å². The Morgan fingerprint density at radius 3 is 2.70 bits per heavy atom. The van der Waals surface area contributed by atoms with Crippen LogP contribution in [0.15, 0.2) is 48.7 Å². The van der Waals surface area contributed by atoms with Gasteiger partial charge in [-0.3, -0.25) is 9.48 Å². The molecule has 0 radical (unpaired) electrons. The number of nitrogen functional groups attached to an aromatic ring is 1. The van der Waals surface area contributed by atoms with E-state index >= 15 is 0 Å². The molecule has 2 aromatic carbocycles. The van der Waals surface area contributed by atoms with Crippen LogP contribution in [-0.2, 0) is 13.5 Å². The molecule has 4 heteroatoms. The molecule has 1 heterocycles. The van der Waals surface area contributed by atoms with Gasteiger partial charge in [-0.1, -0.05) is 42.5 Å². The lowest BCUT2D eigenvalue weighted by Gasteiger charge is -2.05. The Labute approximate surface area is 116 Å². The number of aryl methyl sites for hydroxylation is 1. The van der Waals surface area contributed by atoms with Gasteiger partial charge >= 0.3 is 0 Å². The summed E-state index contributed by atoms with van der Waals surface area (Å²) in [6.45, 7) is 0. The number of nitrogens with zero attached hydrogens (tertiary/aromatic N) is 2. The molecule has 0 fully saturated rings. The van der Waals surface area contributed by atoms with E-state index in [1.165, 1.54) is 10.9 Å². The molecule has 0 aliphatic heterocycles. The molecular weight excluding hydrogens is 250 g/mol. The van der Waals surface area contributed by atoms with Crippen LogP contribution in [0.1, 0.15) is 15.9 Å². The summed E-state index contributed by atoms with van der Waals surface area (Å²) < 4.78 is 1.51. The topological polar surface area (TPSA) is 60.9 Å². The van der Waals surface area contributed by atoms with Gasteiger partial charge in [0.25, 0.3) is 0 Å². The third-order valence-corrected chi connectivity index (χ3v) is 3.52. The second-order valence-corrected chi connectivity index (χ2v) is 4.81. The van der Waals surface area contributed by atoms with Gasteiger partial charge in [-0.25, -0.2) is 0 Å². The van der Waals surface area contributed by atoms with Crippen molar-refractivity contribution < 1.29 is 4.79 Å². The number of anilines is 1. The van der Waals surface area contributed by atoms with Crippen molar-refractivity contribution in [3.8, 4) is 0 Å². The second kappa shape index (κ2) is 4.81. The standard InChI is InChI=1S/C16H15N3O/c1-19-16(17)14(10-18-19)15(20)9-12-7-4-6-11-5-2-3-8-13(11)12/h2-8,10H,9,17H2,1H3. The first-order chi connectivity index (χ1) is 9.66. The second-order valence-electron chi connectivity index (χ2n) is 4.81. The minimum absolute atomic E-state index is 0.00745. The fourth-order valence-electron chi connectivity index (χ4n) is 2.38. The van der Waals surface area contributed by atoms with E-state index in [2.05, 4.69) is 5.10 Å². The number of nitrogens with two attached hydrogens (primary N) is 1. The van der Waals surface area contributed by atoms with Crippen LogP contribution in [-0.4, -0.2) is 15.6 Å². The summed E-state index contributed by atoms with van der Waals surface area (Å²) in [7, 11) is 1.73. The van der Waals surface area contributed by atoms with Gasteiger partial charge < -0.3 is 5.73 Å². The third-order valence-electron chi connectivity index (χ3n) is 3.52. The zero-order chi connectivity index (χ0) is 14.1. The van der Waals surface area contributed by atoms with E-state index in [0.29, 0.717) is 17.8 Å². The summed E-state index contributed by atoms with van der Waals surface area (Å²) in [6, 6.07) is 14.0. The normalized spacial score (nSPS) is 10.8. The molecule has 100 valence electrons. The van der Waals surface area contributed by atoms with Crippen molar-refractivity contribution in [2.45, 2.75) is 6.42 Å². The van der Waals surface area contributed by atoms with E-state index in [-0.39, 0.29) is 5.78 Å². The molecule has 4 nitrogen and oxygen atoms in total. The van der Waals surface area contributed by atoms with Crippen molar-refractivity contribution in [2.75, 3.05) is 5.73 Å². The highest BCUT2D eigenvalue weighted by Gasteiger charge is 2.15. The maximum atomic E-state index is 12.4. The highest BCUT2D eigenvalue weighted by Crippen LogP contribution is 2.21. The molecule has 2 N–H and O–H groups in total. The zero-order valence-electron chi connectivity index (χ0n) is 11.2. The molecule has 0 aliphatic rings. The van der Waals surface area contributed by atoms with Crippen molar-refractivity contribution in [3.63, 3.8) is 0 Å². The van der Waals surface area contributed by atoms with Crippen molar-refractivity contribution in [1.82, 2.24) is 9.78 Å². The van der Waals surface area contributed by atoms with Crippen LogP contribution in [0.4, 0.5) is 5.82 Å². The smallest absolute Gasteiger partial charge is 0.172 e. The average molecular weight is 265 g/mol. The Hall–Kier alpha value is -2.62. The van der Waals surface area contributed by atoms with Gasteiger partial charge in [0.15, 0.2) is 5.78 Å². The molecule has 0 bridgehead atoms. The number of rotatable bonds is 3. The van der Waals surface area contributed by atoms with Crippen molar-refractivity contribution in [2.24, 2.45) is 7.05 Å². The highest BCUT2D eigenvalue weighted by molar-refractivity contribution is 6.03. The maximum Gasteiger partial charge on any atom is 0.172 e. The summed E-state index contributed by atoms with van der Waals surface area (Å²) in [5, 5.41) is 6.25. The molecule has 0 amide bonds. The summed E-state index contributed by atoms with van der Waals surface area (Å²) in [5.74, 6) is 0.405. The molecule has 3 aromatic rings. The minimum atomic E-state index is -0.00745. The fourth-order valence-corrected chi connectivity index (χ4v) is 2.38. The number of hydrogen-bond acceptors (Lipinski definition) is 3. The van der Waals surface area contributed by atoms with E-state index in [1.807, 2.05) is 42.5 Å². The zero-order valence-corrected chi connectivity index (χ0v) is 11.2. The molecular formula is C16H15N3O. The van der Waals surface area contributed by atoms with Gasteiger partial charge in [0.2, 0.25) is 0 Å². The largest absolute Gasteiger partial charge is 0.383 e. The molecule has 3 rings (SSSR count). The third kappa shape index (κ3) is 2.05. The predicted octanol–water partition coefficient (Wildman–Crippen LogP) is 2.58. The number of fused-ring (bicyclic) bond motifs is 1. The average Bonchev–Trinajstić information content (AvgIpc) is 2.79. The van der Waals surface area contributed by atoms with E-state index in [4.69, 9.17) is 5.73 Å². The molecule has 0 unspecified atom stereocenters. The van der Waals surface area contributed by atoms with Crippen LogP contribution in [0.25, 0.3) is 10.8 Å². The van der Waals surface area contributed by atoms with Gasteiger partial charge in [-0.15, -0.1) is 0 Å². The molecule has 0 atom stereocenters. The Kier molecular flexibility index (Phi) is 2.99. The number of aromatic nitrogens is 2. The fraction of sp³-hybridized carbons (Fsp3) is 0.125. The Balaban J connectivity index is 1.97. The van der Waals surface area contributed by atoms with Crippen molar-refractivity contribution >= 4 is 22.4 Å². The number of carbonyl (C=O) groups is 1. The minimum Gasteiger partial charge on any atom is -0.383 e. The first-order valence-electron chi connectivity index (χ1n) is 6.44. The van der Waals surface area contributed by atoms with Crippen LogP contribution in [0.5, 0.6) is 0 Å². The molecule has 20 heavy (non-hydrogen) atoms. The van der Waals surface area contributed by atoms with E-state index < -0.39 is 0 Å². The lowest BCUT2D eigenvalue weighted by atomic mass is 9.98. The van der Waals surface area contributed by atoms with Crippen molar-refractivity contribution in [3.05, 3.63) is 59.8 Å². The number of carbonyl (C=O) groups excluding carboxylic acids is 1. The molecule has 1 aromatic heterocycles. The number of benzene rings is 2. The number of hydrogen-bond donors (Lipinski definition) is 1. The quantitative estimate of drug-likeness (QED) is 0.740. The first kappa shape index (κ1) is 12.4. The van der Waals surface area contributed by atoms with E-state index in [1.54, 1.807) is 7.05 Å². The van der Waals surface area contributed by atoms with Crippen LogP contribution in [0.3, 0.4) is 0 Å². The highest BCUT2D eigenvalue weighted by atomic mass is 16.1. The van der Waals surface area contributed by atoms with E-state index in [0.717, 1.165) is 16.3 Å². The molecule has 0 saturated heterocycles. The summed E-state index contributed by atoms with van der Waals surface area (Å²) in [5.41, 5.74) is 7.35. The van der Waals surface area contributed by atoms with Crippen LogP contribution in [0.2, 0.25) is 0 Å². The molecule has 0 saturated carbocycles. The van der Waals surface area contributed by atoms with Crippen LogP contribution < -0.4 is 5.73 Å². The predicted molar refractivity (Wildman–Crippen MR) is 79.6 cm³/mol. The van der Waals surface area contributed by atoms with Gasteiger partial charge in [0, 0.05) is 13.5 Å². The Morgan fingerprint density at radius 1 is 1.20 bits per heavy atom. The molecule has 0 spiro atoms. The van der Waals surface area contributed by atoms with Gasteiger partial charge in [-0.2, -0.15) is 5.10 Å². The SMILES string of the molecule is Cn1ncc(C(=O)Cc2cccc3ccccc23)c1N. The Morgan fingerprint density at radius 2 is 1.95 bits per heavy atom. The van der Waals surface area contributed by atoms with Crippen LogP contribution >= 0.6 is 0 Å². The monoisotopic (exact) mass is 265 g/mol. The Bertz CT molecular complexity index is 784. The molecule has 0 aliphatic carbocycles. The van der Waals surface area contributed by atoms with Crippen molar-refractivity contribution in [1.29, 1.82) is 0 Å². The number of ketones is 1. The first-order valence-corrected chi connectivity index (χ1v) is 6.44. The lowest BCUT2D eigenvalue weighted by Crippen LogP contribution is -2.07. The maximum absolute atomic E-state index is 12.4. The summed E-state index contributed by atoms with van der Waals surface area (Å²) >= 11 is 0.